The Hall–Kier alpha value is -2.08. The zero-order chi connectivity index (χ0) is 11.9. The maximum Gasteiger partial charge on any atom is 0.131 e. The molecule has 17 heavy (non-hydrogen) atoms. The van der Waals surface area contributed by atoms with Gasteiger partial charge in [0.15, 0.2) is 0 Å². The molecule has 0 amide bonds. The Bertz CT molecular complexity index is 585. The first kappa shape index (κ1) is 10.1. The second kappa shape index (κ2) is 3.46. The summed E-state index contributed by atoms with van der Waals surface area (Å²) in [4.78, 5) is 0. The van der Waals surface area contributed by atoms with Gasteiger partial charge in [-0.2, -0.15) is 5.26 Å². The largest absolute Gasteiger partial charge is 0.364 e. The average molecular weight is 224 g/mol. The van der Waals surface area contributed by atoms with Crippen LogP contribution < -0.4 is 0 Å². The third-order valence-corrected chi connectivity index (χ3v) is 3.46. The molecule has 1 fully saturated rings. The lowest BCUT2D eigenvalue weighted by Crippen LogP contribution is -2.01. The second-order valence-corrected chi connectivity index (χ2v) is 4.58. The highest BCUT2D eigenvalue weighted by atomic mass is 16.5. The van der Waals surface area contributed by atoms with Crippen molar-refractivity contribution in [3.05, 3.63) is 41.8 Å². The number of benzene rings is 1. The molecule has 3 rings (SSSR count). The first-order valence-corrected chi connectivity index (χ1v) is 5.68. The molecule has 0 unspecified atom stereocenters. The smallest absolute Gasteiger partial charge is 0.131 e. The minimum atomic E-state index is -0.206. The topological polar surface area (TPSA) is 49.8 Å². The lowest BCUT2D eigenvalue weighted by molar-refractivity contribution is 0.415. The van der Waals surface area contributed by atoms with Crippen LogP contribution in [0.25, 0.3) is 11.1 Å². The molecular formula is C14H12N2O. The van der Waals surface area contributed by atoms with Gasteiger partial charge in [-0.05, 0) is 30.9 Å². The van der Waals surface area contributed by atoms with Gasteiger partial charge in [-0.15, -0.1) is 0 Å². The summed E-state index contributed by atoms with van der Waals surface area (Å²) in [5.74, 6) is 0. The van der Waals surface area contributed by atoms with Crippen LogP contribution in [0.3, 0.4) is 0 Å². The van der Waals surface area contributed by atoms with E-state index in [1.54, 1.807) is 6.26 Å². The van der Waals surface area contributed by atoms with Gasteiger partial charge in [0.05, 0.1) is 17.2 Å². The summed E-state index contributed by atoms with van der Waals surface area (Å²) in [6.45, 7) is 1.92. The fourth-order valence-corrected chi connectivity index (χ4v) is 2.13. The van der Waals surface area contributed by atoms with Crippen LogP contribution in [0.5, 0.6) is 0 Å². The Kier molecular flexibility index (Phi) is 2.05. The Morgan fingerprint density at radius 1 is 1.29 bits per heavy atom. The standard InChI is InChI=1S/C14H12N2O/c1-10-13(8-17-16-10)11-2-4-12(5-3-11)14(9-15)6-7-14/h2-5,8H,6-7H2,1H3. The van der Waals surface area contributed by atoms with E-state index in [0.29, 0.717) is 0 Å². The minimum Gasteiger partial charge on any atom is -0.364 e. The van der Waals surface area contributed by atoms with Crippen molar-refractivity contribution in [1.82, 2.24) is 5.16 Å². The summed E-state index contributed by atoms with van der Waals surface area (Å²) < 4.78 is 4.93. The highest BCUT2D eigenvalue weighted by Gasteiger charge is 2.44. The van der Waals surface area contributed by atoms with Crippen LogP contribution >= 0.6 is 0 Å². The van der Waals surface area contributed by atoms with Crippen LogP contribution in [0.1, 0.15) is 24.1 Å². The Morgan fingerprint density at radius 3 is 2.47 bits per heavy atom. The maximum absolute atomic E-state index is 9.13. The predicted molar refractivity (Wildman–Crippen MR) is 63.2 cm³/mol. The van der Waals surface area contributed by atoms with E-state index in [1.165, 1.54) is 0 Å². The molecule has 0 radical (unpaired) electrons. The van der Waals surface area contributed by atoms with Crippen molar-refractivity contribution in [3.63, 3.8) is 0 Å². The fraction of sp³-hybridized carbons (Fsp3) is 0.286. The molecule has 84 valence electrons. The van der Waals surface area contributed by atoms with E-state index in [0.717, 1.165) is 35.2 Å². The number of rotatable bonds is 2. The molecule has 0 N–H and O–H groups in total. The summed E-state index contributed by atoms with van der Waals surface area (Å²) in [5.41, 5.74) is 3.90. The average Bonchev–Trinajstić information content (AvgIpc) is 3.06. The van der Waals surface area contributed by atoms with Gasteiger partial charge in [0.2, 0.25) is 0 Å². The van der Waals surface area contributed by atoms with Crippen molar-refractivity contribution in [2.75, 3.05) is 0 Å². The first-order valence-electron chi connectivity index (χ1n) is 5.68. The van der Waals surface area contributed by atoms with E-state index in [4.69, 9.17) is 9.78 Å². The van der Waals surface area contributed by atoms with Crippen molar-refractivity contribution in [3.8, 4) is 17.2 Å². The molecule has 2 aromatic rings. The third kappa shape index (κ3) is 1.53. The Labute approximate surface area is 99.7 Å². The molecule has 0 spiro atoms. The number of hydrogen-bond acceptors (Lipinski definition) is 3. The zero-order valence-electron chi connectivity index (χ0n) is 9.60. The van der Waals surface area contributed by atoms with E-state index in [9.17, 15) is 0 Å². The molecule has 0 aliphatic heterocycles. The Morgan fingerprint density at radius 2 is 2.00 bits per heavy atom. The van der Waals surface area contributed by atoms with Crippen LogP contribution in [0.15, 0.2) is 35.1 Å². The summed E-state index contributed by atoms with van der Waals surface area (Å²) in [6.07, 6.45) is 3.62. The van der Waals surface area contributed by atoms with Gasteiger partial charge in [0.1, 0.15) is 6.26 Å². The van der Waals surface area contributed by atoms with E-state index < -0.39 is 0 Å². The van der Waals surface area contributed by atoms with Crippen LogP contribution in [0, 0.1) is 18.3 Å². The molecule has 3 heteroatoms. The molecule has 0 saturated heterocycles. The number of aryl methyl sites for hydroxylation is 1. The summed E-state index contributed by atoms with van der Waals surface area (Å²) in [6, 6.07) is 10.6. The first-order chi connectivity index (χ1) is 8.25. The van der Waals surface area contributed by atoms with E-state index in [1.807, 2.05) is 31.2 Å². The Balaban J connectivity index is 1.97. The van der Waals surface area contributed by atoms with Gasteiger partial charge in [-0.1, -0.05) is 29.4 Å². The van der Waals surface area contributed by atoms with Crippen LogP contribution in [-0.2, 0) is 5.41 Å². The lowest BCUT2D eigenvalue weighted by atomic mass is 9.95. The van der Waals surface area contributed by atoms with Crippen molar-refractivity contribution >= 4 is 0 Å². The van der Waals surface area contributed by atoms with Gasteiger partial charge < -0.3 is 4.52 Å². The number of nitrogens with zero attached hydrogens (tertiary/aromatic N) is 2. The van der Waals surface area contributed by atoms with Gasteiger partial charge in [-0.25, -0.2) is 0 Å². The monoisotopic (exact) mass is 224 g/mol. The highest BCUT2D eigenvalue weighted by Crippen LogP contribution is 2.47. The quantitative estimate of drug-likeness (QED) is 0.787. The molecule has 1 saturated carbocycles. The maximum atomic E-state index is 9.13. The molecule has 1 aromatic heterocycles. The molecule has 3 nitrogen and oxygen atoms in total. The van der Waals surface area contributed by atoms with Crippen molar-refractivity contribution in [2.24, 2.45) is 0 Å². The fourth-order valence-electron chi connectivity index (χ4n) is 2.13. The van der Waals surface area contributed by atoms with Crippen molar-refractivity contribution < 1.29 is 4.52 Å². The van der Waals surface area contributed by atoms with Crippen molar-refractivity contribution in [1.29, 1.82) is 5.26 Å². The van der Waals surface area contributed by atoms with Gasteiger partial charge in [0.25, 0.3) is 0 Å². The summed E-state index contributed by atoms with van der Waals surface area (Å²) in [5, 5.41) is 13.0. The number of nitriles is 1. The van der Waals surface area contributed by atoms with Gasteiger partial charge in [-0.3, -0.25) is 0 Å². The normalized spacial score (nSPS) is 16.5. The van der Waals surface area contributed by atoms with Crippen LogP contribution in [-0.4, -0.2) is 5.16 Å². The molecular weight excluding hydrogens is 212 g/mol. The second-order valence-electron chi connectivity index (χ2n) is 4.58. The summed E-state index contributed by atoms with van der Waals surface area (Å²) in [7, 11) is 0. The SMILES string of the molecule is Cc1nocc1-c1ccc(C2(C#N)CC2)cc1. The van der Waals surface area contributed by atoms with Crippen LogP contribution in [0.4, 0.5) is 0 Å². The number of aromatic nitrogens is 1. The van der Waals surface area contributed by atoms with Gasteiger partial charge in [0, 0.05) is 5.56 Å². The van der Waals surface area contributed by atoms with E-state index >= 15 is 0 Å². The molecule has 1 heterocycles. The van der Waals surface area contributed by atoms with E-state index in [-0.39, 0.29) is 5.41 Å². The predicted octanol–water partition coefficient (Wildman–Crippen LogP) is 3.21. The highest BCUT2D eigenvalue weighted by molar-refractivity contribution is 5.65. The molecule has 0 bridgehead atoms. The summed E-state index contributed by atoms with van der Waals surface area (Å²) >= 11 is 0. The van der Waals surface area contributed by atoms with Crippen molar-refractivity contribution in [2.45, 2.75) is 25.2 Å². The van der Waals surface area contributed by atoms with Crippen LogP contribution in [0.2, 0.25) is 0 Å². The van der Waals surface area contributed by atoms with E-state index in [2.05, 4.69) is 11.2 Å². The minimum absolute atomic E-state index is 0.206. The molecule has 1 aliphatic rings. The molecule has 1 aromatic carbocycles. The lowest BCUT2D eigenvalue weighted by Gasteiger charge is -2.06. The molecule has 0 atom stereocenters. The number of hydrogen-bond donors (Lipinski definition) is 0. The molecule has 1 aliphatic carbocycles. The zero-order valence-corrected chi connectivity index (χ0v) is 9.60. The van der Waals surface area contributed by atoms with Gasteiger partial charge >= 0.3 is 0 Å². The third-order valence-electron chi connectivity index (χ3n) is 3.46.